The molecule has 0 amide bonds. The molecule has 7 heteroatoms. The van der Waals surface area contributed by atoms with Crippen molar-refractivity contribution in [2.45, 2.75) is 57.0 Å². The van der Waals surface area contributed by atoms with Crippen molar-refractivity contribution in [3.05, 3.63) is 40.8 Å². The molecule has 1 aliphatic heterocycles. The zero-order valence-corrected chi connectivity index (χ0v) is 15.9. The number of hydrogen-bond acceptors (Lipinski definition) is 4. The molecule has 4 rings (SSSR count). The SMILES string of the molecule is CC(C)(O)C1=Nc2c(F)cc(-c3nc(Cl)ncc3F)cc2C12CCCCC2. The molecule has 1 fully saturated rings. The Morgan fingerprint density at radius 3 is 2.48 bits per heavy atom. The number of benzene rings is 1. The van der Waals surface area contributed by atoms with Crippen molar-refractivity contribution >= 4 is 23.0 Å². The Morgan fingerprint density at radius 1 is 1.11 bits per heavy atom. The number of aromatic nitrogens is 2. The molecule has 1 spiro atoms. The first-order chi connectivity index (χ1) is 12.7. The van der Waals surface area contributed by atoms with Gasteiger partial charge in [-0.15, -0.1) is 0 Å². The van der Waals surface area contributed by atoms with Crippen molar-refractivity contribution in [2.24, 2.45) is 4.99 Å². The Labute approximate surface area is 161 Å². The molecule has 0 saturated heterocycles. The van der Waals surface area contributed by atoms with Crippen molar-refractivity contribution in [2.75, 3.05) is 0 Å². The van der Waals surface area contributed by atoms with Crippen molar-refractivity contribution in [1.29, 1.82) is 0 Å². The van der Waals surface area contributed by atoms with Crippen molar-refractivity contribution in [3.8, 4) is 11.3 Å². The van der Waals surface area contributed by atoms with E-state index in [1.165, 1.54) is 6.07 Å². The first-order valence-corrected chi connectivity index (χ1v) is 9.45. The van der Waals surface area contributed by atoms with Crippen LogP contribution in [0.15, 0.2) is 23.3 Å². The summed E-state index contributed by atoms with van der Waals surface area (Å²) in [5.74, 6) is -1.22. The van der Waals surface area contributed by atoms with Gasteiger partial charge in [0.15, 0.2) is 5.82 Å². The summed E-state index contributed by atoms with van der Waals surface area (Å²) in [4.78, 5) is 12.1. The predicted octanol–water partition coefficient (Wildman–Crippen LogP) is 5.13. The molecule has 1 aliphatic carbocycles. The first kappa shape index (κ1) is 18.4. The maximum atomic E-state index is 15.0. The molecular formula is C20H20ClF2N3O. The van der Waals surface area contributed by atoms with Gasteiger partial charge in [-0.3, -0.25) is 4.99 Å². The fourth-order valence-electron chi connectivity index (χ4n) is 4.49. The number of rotatable bonds is 2. The lowest BCUT2D eigenvalue weighted by Gasteiger charge is -2.40. The lowest BCUT2D eigenvalue weighted by molar-refractivity contribution is 0.142. The third kappa shape index (κ3) is 2.95. The van der Waals surface area contributed by atoms with Crippen LogP contribution in [0.25, 0.3) is 11.3 Å². The molecule has 142 valence electrons. The Kier molecular flexibility index (Phi) is 4.31. The van der Waals surface area contributed by atoms with Gasteiger partial charge in [0.25, 0.3) is 0 Å². The minimum absolute atomic E-state index is 0.0423. The van der Waals surface area contributed by atoms with Gasteiger partial charge in [-0.1, -0.05) is 19.3 Å². The van der Waals surface area contributed by atoms with Crippen LogP contribution in [-0.4, -0.2) is 26.4 Å². The van der Waals surface area contributed by atoms with Crippen LogP contribution in [0.2, 0.25) is 5.28 Å². The second-order valence-corrected chi connectivity index (χ2v) is 8.19. The molecule has 0 atom stereocenters. The van der Waals surface area contributed by atoms with Gasteiger partial charge < -0.3 is 5.11 Å². The second kappa shape index (κ2) is 6.31. The number of hydrogen-bond donors (Lipinski definition) is 1. The average Bonchev–Trinajstić information content (AvgIpc) is 2.92. The Bertz CT molecular complexity index is 947. The van der Waals surface area contributed by atoms with Gasteiger partial charge in [0.2, 0.25) is 5.28 Å². The molecule has 1 N–H and O–H groups in total. The van der Waals surface area contributed by atoms with Crippen molar-refractivity contribution in [1.82, 2.24) is 9.97 Å². The van der Waals surface area contributed by atoms with Crippen LogP contribution in [0.4, 0.5) is 14.5 Å². The number of aliphatic hydroxyl groups is 1. The molecule has 4 nitrogen and oxygen atoms in total. The zero-order valence-electron chi connectivity index (χ0n) is 15.2. The quantitative estimate of drug-likeness (QED) is 0.721. The molecule has 2 aliphatic rings. The fourth-order valence-corrected chi connectivity index (χ4v) is 4.63. The normalized spacial score (nSPS) is 18.5. The van der Waals surface area contributed by atoms with Gasteiger partial charge in [0.1, 0.15) is 17.2 Å². The van der Waals surface area contributed by atoms with E-state index in [-0.39, 0.29) is 16.7 Å². The fraction of sp³-hybridized carbons (Fsp3) is 0.450. The van der Waals surface area contributed by atoms with Gasteiger partial charge in [0, 0.05) is 11.0 Å². The molecule has 1 aromatic carbocycles. The smallest absolute Gasteiger partial charge is 0.223 e. The predicted molar refractivity (Wildman–Crippen MR) is 101 cm³/mol. The summed E-state index contributed by atoms with van der Waals surface area (Å²) in [6.45, 7) is 3.35. The molecule has 1 saturated carbocycles. The van der Waals surface area contributed by atoms with Gasteiger partial charge in [-0.25, -0.2) is 18.7 Å². The molecular weight excluding hydrogens is 372 g/mol. The summed E-state index contributed by atoms with van der Waals surface area (Å²) < 4.78 is 29.2. The summed E-state index contributed by atoms with van der Waals surface area (Å²) >= 11 is 5.81. The summed E-state index contributed by atoms with van der Waals surface area (Å²) in [6, 6.07) is 2.96. The Balaban J connectivity index is 1.93. The Morgan fingerprint density at radius 2 is 1.81 bits per heavy atom. The summed E-state index contributed by atoms with van der Waals surface area (Å²) in [7, 11) is 0. The molecule has 2 aromatic rings. The number of fused-ring (bicyclic) bond motifs is 2. The Hall–Kier alpha value is -1.92. The van der Waals surface area contributed by atoms with Crippen LogP contribution in [0.5, 0.6) is 0 Å². The maximum absolute atomic E-state index is 15.0. The second-order valence-electron chi connectivity index (χ2n) is 7.85. The average molecular weight is 392 g/mol. The van der Waals surface area contributed by atoms with E-state index in [2.05, 4.69) is 15.0 Å². The highest BCUT2D eigenvalue weighted by atomic mass is 35.5. The molecule has 0 unspecified atom stereocenters. The summed E-state index contributed by atoms with van der Waals surface area (Å²) in [6.07, 6.45) is 5.55. The third-order valence-corrected chi connectivity index (χ3v) is 5.71. The van der Waals surface area contributed by atoms with Crippen LogP contribution in [0, 0.1) is 11.6 Å². The molecule has 2 heterocycles. The van der Waals surface area contributed by atoms with Gasteiger partial charge >= 0.3 is 0 Å². The highest BCUT2D eigenvalue weighted by molar-refractivity contribution is 6.28. The molecule has 0 bridgehead atoms. The van der Waals surface area contributed by atoms with E-state index >= 15 is 0 Å². The van der Waals surface area contributed by atoms with E-state index in [0.717, 1.165) is 38.3 Å². The largest absolute Gasteiger partial charge is 0.384 e. The highest BCUT2D eigenvalue weighted by Gasteiger charge is 2.50. The number of halogens is 3. The van der Waals surface area contributed by atoms with Crippen LogP contribution < -0.4 is 0 Å². The van der Waals surface area contributed by atoms with E-state index < -0.39 is 22.7 Å². The van der Waals surface area contributed by atoms with Crippen LogP contribution in [0.1, 0.15) is 51.5 Å². The van der Waals surface area contributed by atoms with E-state index in [1.807, 2.05) is 0 Å². The molecule has 27 heavy (non-hydrogen) atoms. The van der Waals surface area contributed by atoms with Crippen LogP contribution >= 0.6 is 11.6 Å². The minimum atomic E-state index is -1.17. The van der Waals surface area contributed by atoms with Crippen molar-refractivity contribution < 1.29 is 13.9 Å². The summed E-state index contributed by atoms with van der Waals surface area (Å²) in [5.41, 5.74) is 0.0656. The highest BCUT2D eigenvalue weighted by Crippen LogP contribution is 2.53. The maximum Gasteiger partial charge on any atom is 0.223 e. The van der Waals surface area contributed by atoms with E-state index in [9.17, 15) is 13.9 Å². The van der Waals surface area contributed by atoms with Gasteiger partial charge in [-0.2, -0.15) is 0 Å². The molecule has 0 radical (unpaired) electrons. The lowest BCUT2D eigenvalue weighted by atomic mass is 9.64. The zero-order chi connectivity index (χ0) is 19.4. The lowest BCUT2D eigenvalue weighted by Crippen LogP contribution is -2.47. The van der Waals surface area contributed by atoms with Crippen LogP contribution in [0.3, 0.4) is 0 Å². The third-order valence-electron chi connectivity index (χ3n) is 5.53. The number of nitrogens with zero attached hydrogens (tertiary/aromatic N) is 3. The number of aliphatic imine (C=N–C) groups is 1. The standard InChI is InChI=1S/C20H20ClF2N3O/c1-19(2,27)17-20(6-4-3-5-7-20)12-8-11(9-13(22)16(12)25-17)15-14(23)10-24-18(21)26-15/h8-10,27H,3-7H2,1-2H3. The molecule has 1 aromatic heterocycles. The minimum Gasteiger partial charge on any atom is -0.384 e. The van der Waals surface area contributed by atoms with Crippen LogP contribution in [-0.2, 0) is 5.41 Å². The monoisotopic (exact) mass is 391 g/mol. The first-order valence-electron chi connectivity index (χ1n) is 9.07. The van der Waals surface area contributed by atoms with E-state index in [1.54, 1.807) is 19.9 Å². The van der Waals surface area contributed by atoms with E-state index in [0.29, 0.717) is 16.8 Å². The van der Waals surface area contributed by atoms with Crippen molar-refractivity contribution in [3.63, 3.8) is 0 Å². The van der Waals surface area contributed by atoms with E-state index in [4.69, 9.17) is 11.6 Å². The van der Waals surface area contributed by atoms with Gasteiger partial charge in [-0.05, 0) is 56.0 Å². The van der Waals surface area contributed by atoms with Gasteiger partial charge in [0.05, 0.1) is 17.5 Å². The topological polar surface area (TPSA) is 58.4 Å². The summed E-state index contributed by atoms with van der Waals surface area (Å²) in [5, 5.41) is 10.6.